The van der Waals surface area contributed by atoms with Crippen LogP contribution >= 0.6 is 14.7 Å². The first-order chi connectivity index (χ1) is 49.1. The Bertz CT molecular complexity index is 1970. The van der Waals surface area contributed by atoms with Gasteiger partial charge in [0.2, 0.25) is 0 Å². The molecule has 0 N–H and O–H groups in total. The van der Waals surface area contributed by atoms with Gasteiger partial charge >= 0.3 is 0 Å². The molecular weight excluding hydrogens is 1210 g/mol. The molecule has 0 aromatic rings. The molecule has 0 aromatic carbocycles. The van der Waals surface area contributed by atoms with E-state index in [0.717, 1.165) is 0 Å². The van der Waals surface area contributed by atoms with Crippen molar-refractivity contribution in [1.82, 2.24) is 0 Å². The van der Waals surface area contributed by atoms with Gasteiger partial charge in [-0.3, -0.25) is 0 Å². The van der Waals surface area contributed by atoms with Gasteiger partial charge < -0.3 is 0 Å². The van der Waals surface area contributed by atoms with Crippen molar-refractivity contribution >= 4 is 765 Å². The van der Waals surface area contributed by atoms with Crippen LogP contribution in [0.5, 0.6) is 0 Å². The number of rotatable bonds is 52. The summed E-state index contributed by atoms with van der Waals surface area (Å²) >= 11 is 0. The molecule has 0 aromatic heterocycles. The van der Waals surface area contributed by atoms with Crippen molar-refractivity contribution in [3.8, 4) is 0 Å². The highest BCUT2D eigenvalue weighted by Crippen LogP contribution is 2.77. The Balaban J connectivity index is 15.4. The predicted octanol–water partition coefficient (Wildman–Crippen LogP) is -38.6. The topological polar surface area (TPSA) is 0 Å². The summed E-state index contributed by atoms with van der Waals surface area (Å²) in [5.41, 5.74) is 0. The first-order valence-electron chi connectivity index (χ1n) is 35.2. The van der Waals surface area contributed by atoms with Gasteiger partial charge in [0.25, 0.3) is 0 Å². The van der Waals surface area contributed by atoms with E-state index < -0.39 is 340 Å². The van der Waals surface area contributed by atoms with Crippen molar-refractivity contribution in [2.24, 2.45) is 0 Å². The Labute approximate surface area is 757 Å². The van der Waals surface area contributed by atoms with Crippen molar-refractivity contribution in [3.05, 3.63) is 0 Å². The molecule has 0 rings (SSSR count). The lowest BCUT2D eigenvalue weighted by molar-refractivity contribution is 3.23. The van der Waals surface area contributed by atoms with Gasteiger partial charge in [-0.15, -0.1) is 0 Å². The molecule has 0 nitrogen and oxygen atoms in total. The molecule has 0 fully saturated rings. The smallest absolute Gasteiger partial charge is 0.0670 e. The van der Waals surface area contributed by atoms with E-state index in [9.17, 15) is 0 Å². The van der Waals surface area contributed by atoms with E-state index in [0.29, 0.717) is 0 Å². The van der Waals surface area contributed by atoms with Gasteiger partial charge in [0.05, 0.1) is 24.9 Å². The molecule has 0 aliphatic heterocycles. The molecule has 0 saturated heterocycles. The lowest BCUT2D eigenvalue weighted by Gasteiger charge is -2.66. The summed E-state index contributed by atoms with van der Waals surface area (Å²) in [6.07, 6.45) is -98.9. The van der Waals surface area contributed by atoms with Crippen molar-refractivity contribution < 1.29 is 0 Å². The van der Waals surface area contributed by atoms with Crippen LogP contribution in [0.2, 0.25) is 0 Å². The minimum atomic E-state index is -3.88. The van der Waals surface area contributed by atoms with Crippen molar-refractivity contribution in [2.75, 3.05) is 0 Å². The normalized spacial score (nSPS) is 10.5. The van der Waals surface area contributed by atoms with Crippen LogP contribution < -0.4 is 0 Å². The highest BCUT2D eigenvalue weighted by atomic mass is 32.1. The Morgan fingerprint density at radius 2 is 0.167 bits per heavy atom. The van der Waals surface area contributed by atoms with Crippen LogP contribution in [0.3, 0.4) is 0 Å². The van der Waals surface area contributed by atoms with Gasteiger partial charge in [-0.25, -0.2) is 14.7 Å². The average molecular weight is 1210 g/mol. The summed E-state index contributed by atoms with van der Waals surface area (Å²) in [5.74, 6) is 0. The Morgan fingerprint density at radius 1 is 0.0833 bits per heavy atom. The average Bonchev–Trinajstić information content (AvgIpc) is 0.705. The van der Waals surface area contributed by atoms with Crippen LogP contribution in [0.25, 0.3) is 0 Å². The summed E-state index contributed by atoms with van der Waals surface area (Å²) < 4.78 is 0. The fourth-order valence-electron chi connectivity index (χ4n) is 17.9. The van der Waals surface area contributed by atoms with Gasteiger partial charge in [0, 0.05) is 726 Å². The zero-order valence-corrected chi connectivity index (χ0v) is 63.9. The summed E-state index contributed by atoms with van der Waals surface area (Å²) in [6, 6.07) is 0. The Morgan fingerprint density at radius 3 is 0.259 bits per heavy atom. The van der Waals surface area contributed by atoms with E-state index >= 15 is 0 Å². The fourth-order valence-corrected chi connectivity index (χ4v) is 33.3. The summed E-state index contributed by atoms with van der Waals surface area (Å²) in [6.45, 7) is 0. The maximum Gasteiger partial charge on any atom is 0.0670 e. The molecule has 0 saturated carbocycles. The van der Waals surface area contributed by atoms with E-state index in [1.807, 2.05) is 0 Å². The quantitative estimate of drug-likeness (QED) is 0.0421. The van der Waals surface area contributed by atoms with Gasteiger partial charge in [-0.05, 0) is 0 Å². The second kappa shape index (κ2) is 53.4. The number of hydrogen-bond donors (Lipinski definition) is 0. The Hall–Kier alpha value is 7.74. The van der Waals surface area contributed by atoms with Crippen molar-refractivity contribution in [2.45, 2.75) is 0 Å². The summed E-state index contributed by atoms with van der Waals surface area (Å²) in [5, 5.41) is 0. The molecule has 0 amide bonds. The molecular formula is B106P2. The second-order valence-electron chi connectivity index (χ2n) is 29.9. The van der Waals surface area contributed by atoms with Gasteiger partial charge in [0.15, 0.2) is 0 Å². The third kappa shape index (κ3) is 31.1. The minimum absolute atomic E-state index is 1.85. The van der Waals surface area contributed by atoms with E-state index in [4.69, 9.17) is 426 Å². The SMILES string of the molecule is [B]B([B])B([B])B(B(B([B])[B])B([B])[B])B(B(B(B([B])[B])B([B])[B])B(B([B])[B])B([B])[B])P(B(B(B(B([B])[B])B([B])[B])B(B([B])[B])B([B])[B])B(B(B([B])[B])B([B])[B])B(B([B])[B])B([B])[B])P(B(B(B([B])[B])B([B])[B])B(B([B])[B])B([B])[B])B(B(B(B([B])[B])B([B])[B])B(B([B])[B])B([B])[B])B(B(B([B])[B])B([B])[B])B(B([B])[B])B([B])[B]. The van der Waals surface area contributed by atoms with Crippen LogP contribution in [-0.2, 0) is 0 Å². The zero-order chi connectivity index (χ0) is 85.6. The van der Waals surface area contributed by atoms with E-state index in [1.165, 1.54) is 0 Å². The maximum atomic E-state index is 7.84. The highest BCUT2D eigenvalue weighted by Gasteiger charge is 2.68. The molecule has 0 spiro atoms. The van der Waals surface area contributed by atoms with Gasteiger partial charge in [-0.1, -0.05) is 0 Å². The Kier molecular flexibility index (Phi) is 57.2. The first kappa shape index (κ1) is 116. The van der Waals surface area contributed by atoms with Gasteiger partial charge in [0.1, 0.15) is 0 Å². The van der Waals surface area contributed by atoms with Crippen LogP contribution in [0.15, 0.2) is 0 Å². The molecule has 108 heavy (non-hydrogen) atoms. The highest BCUT2D eigenvalue weighted by molar-refractivity contribution is 8.86. The molecule has 110 radical (unpaired) electrons. The largest absolute Gasteiger partial charge is 0.203 e. The molecule has 2 unspecified atom stereocenters. The van der Waals surface area contributed by atoms with Crippen molar-refractivity contribution in [3.63, 3.8) is 0 Å². The minimum Gasteiger partial charge on any atom is -0.203 e. The van der Waals surface area contributed by atoms with Crippen molar-refractivity contribution in [1.29, 1.82) is 0 Å². The standard InChI is InChI=1S/B106P2/c1-56(2)83(55)97(84(57(3)4)58(5)6)104(98(85(59(7)8)60(9)10)86(61(11)12)62(13)14)108(106(101(91(71(31)32)72(33)34)92(73(35)36)74(37)38)102(93(75(39)40)76(41)42)94(77(43)44)78(45)46)107(103(95(79(47)48)80(49)50)96(81(51)52)82(53)54)105(99(87(63(15)16)64(17)18)88(65(19)20)66(21)22)100(89(67(23)24)68(25)26)90(69(27)28)70(29)30. The summed E-state index contributed by atoms with van der Waals surface area (Å²) in [4.78, 5) is 0. The molecule has 0 aliphatic carbocycles. The first-order valence-corrected chi connectivity index (χ1v) is 38.9. The zero-order valence-electron chi connectivity index (χ0n) is 62.1. The molecule has 0 heterocycles. The third-order valence-electron chi connectivity index (χ3n) is 22.0. The van der Waals surface area contributed by atoms with Gasteiger partial charge in [-0.2, -0.15) is 0 Å². The lowest BCUT2D eigenvalue weighted by atomic mass is 8.36. The third-order valence-corrected chi connectivity index (χ3v) is 32.5. The van der Waals surface area contributed by atoms with Crippen LogP contribution in [-0.4, -0.2) is 750 Å². The molecule has 2 atom stereocenters. The van der Waals surface area contributed by atoms with E-state index in [1.54, 1.807) is 0 Å². The fraction of sp³-hybridized carbons (Fsp3) is 0. The van der Waals surface area contributed by atoms with E-state index in [2.05, 4.69) is 0 Å². The molecule has 108 heteroatoms. The van der Waals surface area contributed by atoms with Crippen LogP contribution in [0.4, 0.5) is 0 Å². The van der Waals surface area contributed by atoms with E-state index in [-0.39, 0.29) is 0 Å². The second-order valence-corrected chi connectivity index (χ2v) is 36.5. The maximum absolute atomic E-state index is 7.84. The predicted molar refractivity (Wildman–Crippen MR) is 624 cm³/mol. The van der Waals surface area contributed by atoms with Crippen LogP contribution in [0, 0.1) is 0 Å². The number of hydrogen-bond acceptors (Lipinski definition) is 0. The lowest BCUT2D eigenvalue weighted by Crippen LogP contribution is -2.90. The molecule has 0 bridgehead atoms. The summed E-state index contributed by atoms with van der Waals surface area (Å²) in [7, 11) is 389. The monoisotopic (exact) mass is 1230 g/mol. The molecule has 328 valence electrons. The van der Waals surface area contributed by atoms with Crippen LogP contribution in [0.1, 0.15) is 0 Å². The molecule has 0 aliphatic rings.